The smallest absolute Gasteiger partial charge is 0.105 e. The van der Waals surface area contributed by atoms with Crippen molar-refractivity contribution in [1.29, 1.82) is 0 Å². The van der Waals surface area contributed by atoms with Crippen LogP contribution < -0.4 is 0 Å². The van der Waals surface area contributed by atoms with Crippen LogP contribution in [-0.4, -0.2) is 0 Å². The van der Waals surface area contributed by atoms with Crippen molar-refractivity contribution < 1.29 is 0 Å². The van der Waals surface area contributed by atoms with E-state index in [1.807, 2.05) is 24.3 Å². The molecule has 0 aliphatic heterocycles. The lowest BCUT2D eigenvalue weighted by atomic mass is 10.1. The molecular formula is C9H8BrCl. The number of rotatable bonds is 2. The highest BCUT2D eigenvalue weighted by atomic mass is 79.9. The molecule has 0 heterocycles. The molecule has 0 aromatic heterocycles. The lowest BCUT2D eigenvalue weighted by Gasteiger charge is -2.00. The van der Waals surface area contributed by atoms with Gasteiger partial charge in [0.05, 0.1) is 0 Å². The van der Waals surface area contributed by atoms with Gasteiger partial charge < -0.3 is 0 Å². The lowest BCUT2D eigenvalue weighted by Crippen LogP contribution is -1.79. The summed E-state index contributed by atoms with van der Waals surface area (Å²) in [5, 5.41) is 0. The predicted molar refractivity (Wildman–Crippen MR) is 54.1 cm³/mol. The van der Waals surface area contributed by atoms with Crippen LogP contribution in [0.15, 0.2) is 30.8 Å². The van der Waals surface area contributed by atoms with E-state index in [1.165, 1.54) is 0 Å². The van der Waals surface area contributed by atoms with Gasteiger partial charge >= 0.3 is 0 Å². The van der Waals surface area contributed by atoms with E-state index in [1.54, 1.807) is 6.08 Å². The van der Waals surface area contributed by atoms with Gasteiger partial charge in [-0.15, -0.1) is 11.6 Å². The summed E-state index contributed by atoms with van der Waals surface area (Å²) >= 11 is 9.06. The van der Waals surface area contributed by atoms with Crippen molar-refractivity contribution in [1.82, 2.24) is 0 Å². The Morgan fingerprint density at radius 2 is 1.91 bits per heavy atom. The van der Waals surface area contributed by atoms with E-state index in [2.05, 4.69) is 22.5 Å². The van der Waals surface area contributed by atoms with E-state index in [-0.39, 0.29) is 4.29 Å². The lowest BCUT2D eigenvalue weighted by molar-refractivity contribution is 1.38. The number of alkyl halides is 2. The molecule has 1 rings (SSSR count). The van der Waals surface area contributed by atoms with Gasteiger partial charge in [0.25, 0.3) is 0 Å². The van der Waals surface area contributed by atoms with Gasteiger partial charge in [-0.1, -0.05) is 52.9 Å². The van der Waals surface area contributed by atoms with Crippen LogP contribution in [0.3, 0.4) is 0 Å². The van der Waals surface area contributed by atoms with Gasteiger partial charge in [-0.2, -0.15) is 0 Å². The summed E-state index contributed by atoms with van der Waals surface area (Å²) in [5.41, 5.74) is 2.18. The molecule has 0 saturated heterocycles. The molecule has 1 aromatic carbocycles. The molecule has 2 heteroatoms. The van der Waals surface area contributed by atoms with Crippen molar-refractivity contribution in [3.8, 4) is 0 Å². The zero-order valence-electron chi connectivity index (χ0n) is 5.93. The molecular weight excluding hydrogens is 223 g/mol. The van der Waals surface area contributed by atoms with Gasteiger partial charge in [0.2, 0.25) is 0 Å². The van der Waals surface area contributed by atoms with E-state index < -0.39 is 0 Å². The fourth-order valence-electron chi connectivity index (χ4n) is 0.778. The molecule has 0 spiro atoms. The first-order valence-corrected chi connectivity index (χ1v) is 4.60. The monoisotopic (exact) mass is 230 g/mol. The molecule has 0 saturated carbocycles. The van der Waals surface area contributed by atoms with Gasteiger partial charge in [0.1, 0.15) is 4.29 Å². The zero-order valence-corrected chi connectivity index (χ0v) is 8.27. The zero-order chi connectivity index (χ0) is 8.27. The Hall–Kier alpha value is -0.270. The molecule has 1 atom stereocenters. The highest BCUT2D eigenvalue weighted by Crippen LogP contribution is 2.26. The topological polar surface area (TPSA) is 0 Å². The third-order valence-corrected chi connectivity index (χ3v) is 2.20. The van der Waals surface area contributed by atoms with E-state index >= 15 is 0 Å². The van der Waals surface area contributed by atoms with Crippen LogP contribution >= 0.6 is 27.5 Å². The summed E-state index contributed by atoms with van der Waals surface area (Å²) in [6.45, 7) is 3.66. The minimum atomic E-state index is -0.0960. The largest absolute Gasteiger partial charge is 0.113 e. The number of benzene rings is 1. The normalized spacial score (nSPS) is 12.5. The van der Waals surface area contributed by atoms with E-state index in [0.717, 1.165) is 11.1 Å². The van der Waals surface area contributed by atoms with Gasteiger partial charge in [-0.05, 0) is 11.1 Å². The van der Waals surface area contributed by atoms with Crippen LogP contribution in [0.1, 0.15) is 15.4 Å². The minimum Gasteiger partial charge on any atom is -0.105 e. The Morgan fingerprint density at radius 1 is 1.36 bits per heavy atom. The number of hydrogen-bond acceptors (Lipinski definition) is 0. The molecule has 0 aliphatic rings. The molecule has 0 fully saturated rings. The van der Waals surface area contributed by atoms with Crippen LogP contribution in [0.4, 0.5) is 0 Å². The predicted octanol–water partition coefficient (Wildman–Crippen LogP) is 3.96. The Labute approximate surface area is 80.0 Å². The highest BCUT2D eigenvalue weighted by Gasteiger charge is 2.00. The third kappa shape index (κ3) is 2.35. The summed E-state index contributed by atoms with van der Waals surface area (Å²) in [6, 6.07) is 7.92. The summed E-state index contributed by atoms with van der Waals surface area (Å²) in [5.74, 6) is 0. The molecule has 0 bridgehead atoms. The third-order valence-electron chi connectivity index (χ3n) is 1.42. The van der Waals surface area contributed by atoms with Gasteiger partial charge in [0, 0.05) is 0 Å². The fourth-order valence-corrected chi connectivity index (χ4v) is 1.23. The first-order valence-electron chi connectivity index (χ1n) is 3.24. The first-order chi connectivity index (χ1) is 5.24. The SMILES string of the molecule is C=Cc1ccc(C(Cl)Br)cc1. The van der Waals surface area contributed by atoms with E-state index in [4.69, 9.17) is 11.6 Å². The second-order valence-corrected chi connectivity index (χ2v) is 4.05. The first kappa shape index (κ1) is 8.82. The van der Waals surface area contributed by atoms with Crippen molar-refractivity contribution in [2.45, 2.75) is 4.29 Å². The second-order valence-electron chi connectivity index (χ2n) is 2.17. The molecule has 1 unspecified atom stereocenters. The van der Waals surface area contributed by atoms with Crippen molar-refractivity contribution in [3.05, 3.63) is 42.0 Å². The van der Waals surface area contributed by atoms with E-state index in [9.17, 15) is 0 Å². The summed E-state index contributed by atoms with van der Waals surface area (Å²) in [7, 11) is 0. The Kier molecular flexibility index (Phi) is 3.16. The average Bonchev–Trinajstić information content (AvgIpc) is 2.05. The van der Waals surface area contributed by atoms with Gasteiger partial charge in [0.15, 0.2) is 0 Å². The van der Waals surface area contributed by atoms with Crippen molar-refractivity contribution in [2.24, 2.45) is 0 Å². The Bertz CT molecular complexity index is 238. The number of halogens is 2. The molecule has 0 nitrogen and oxygen atoms in total. The van der Waals surface area contributed by atoms with Gasteiger partial charge in [-0.3, -0.25) is 0 Å². The quantitative estimate of drug-likeness (QED) is 0.676. The molecule has 0 amide bonds. The summed E-state index contributed by atoms with van der Waals surface area (Å²) in [4.78, 5) is 0. The molecule has 11 heavy (non-hydrogen) atoms. The van der Waals surface area contributed by atoms with Crippen LogP contribution in [0.5, 0.6) is 0 Å². The Morgan fingerprint density at radius 3 is 2.27 bits per heavy atom. The molecule has 58 valence electrons. The van der Waals surface area contributed by atoms with Crippen LogP contribution in [0, 0.1) is 0 Å². The van der Waals surface area contributed by atoms with Crippen LogP contribution in [-0.2, 0) is 0 Å². The highest BCUT2D eigenvalue weighted by molar-refractivity contribution is 9.09. The summed E-state index contributed by atoms with van der Waals surface area (Å²) < 4.78 is -0.0960. The molecule has 0 aliphatic carbocycles. The summed E-state index contributed by atoms with van der Waals surface area (Å²) in [6.07, 6.45) is 1.81. The number of hydrogen-bond donors (Lipinski definition) is 0. The standard InChI is InChI=1S/C9H8BrCl/c1-2-7-3-5-8(6-4-7)9(10)11/h2-6,9H,1H2. The second kappa shape index (κ2) is 3.93. The molecule has 0 radical (unpaired) electrons. The molecule has 1 aromatic rings. The maximum absolute atomic E-state index is 5.79. The minimum absolute atomic E-state index is 0.0960. The van der Waals surface area contributed by atoms with Gasteiger partial charge in [-0.25, -0.2) is 0 Å². The van der Waals surface area contributed by atoms with Crippen molar-refractivity contribution in [3.63, 3.8) is 0 Å². The van der Waals surface area contributed by atoms with Crippen LogP contribution in [0.2, 0.25) is 0 Å². The van der Waals surface area contributed by atoms with E-state index in [0.29, 0.717) is 0 Å². The van der Waals surface area contributed by atoms with Crippen LogP contribution in [0.25, 0.3) is 6.08 Å². The molecule has 0 N–H and O–H groups in total. The fraction of sp³-hybridized carbons (Fsp3) is 0.111. The maximum Gasteiger partial charge on any atom is 0.113 e. The van der Waals surface area contributed by atoms with Crippen molar-refractivity contribution in [2.75, 3.05) is 0 Å². The average molecular weight is 232 g/mol. The maximum atomic E-state index is 5.79. The Balaban J connectivity index is 2.91. The van der Waals surface area contributed by atoms with Crippen molar-refractivity contribution >= 4 is 33.6 Å².